The Balaban J connectivity index is 2.21. The van der Waals surface area contributed by atoms with Crippen molar-refractivity contribution in [2.75, 3.05) is 17.7 Å². The highest BCUT2D eigenvalue weighted by atomic mass is 16.5. The van der Waals surface area contributed by atoms with Crippen molar-refractivity contribution >= 4 is 17.2 Å². The zero-order valence-corrected chi connectivity index (χ0v) is 10.6. The van der Waals surface area contributed by atoms with Gasteiger partial charge in [0.15, 0.2) is 0 Å². The second-order valence-corrected chi connectivity index (χ2v) is 4.02. The molecule has 4 heteroatoms. The van der Waals surface area contributed by atoms with Crippen LogP contribution in [0, 0.1) is 6.92 Å². The van der Waals surface area contributed by atoms with E-state index in [4.69, 9.17) is 10.5 Å². The maximum atomic E-state index is 5.78. The minimum absolute atomic E-state index is 0.468. The molecule has 0 unspecified atom stereocenters. The third-order valence-corrected chi connectivity index (χ3v) is 2.46. The van der Waals surface area contributed by atoms with Gasteiger partial charge in [-0.1, -0.05) is 12.1 Å². The highest BCUT2D eigenvalue weighted by molar-refractivity contribution is 5.61. The third-order valence-electron chi connectivity index (χ3n) is 2.46. The molecule has 1 aromatic heterocycles. The van der Waals surface area contributed by atoms with E-state index in [0.29, 0.717) is 18.2 Å². The van der Waals surface area contributed by atoms with Gasteiger partial charge in [-0.2, -0.15) is 4.98 Å². The second-order valence-electron chi connectivity index (χ2n) is 4.02. The van der Waals surface area contributed by atoms with Crippen LogP contribution >= 0.6 is 0 Å². The topological polar surface area (TPSA) is 60.2 Å². The Labute approximate surface area is 107 Å². The molecule has 18 heavy (non-hydrogen) atoms. The predicted octanol–water partition coefficient (Wildman–Crippen LogP) is 3.11. The molecule has 1 aromatic carbocycles. The highest BCUT2D eigenvalue weighted by Crippen LogP contribution is 2.23. The number of rotatable bonds is 4. The van der Waals surface area contributed by atoms with E-state index in [1.807, 2.05) is 38.1 Å². The van der Waals surface area contributed by atoms with E-state index in [0.717, 1.165) is 11.5 Å². The van der Waals surface area contributed by atoms with Crippen LogP contribution in [0.25, 0.3) is 0 Å². The van der Waals surface area contributed by atoms with Crippen molar-refractivity contribution < 1.29 is 4.74 Å². The molecule has 1 heterocycles. The molecule has 0 amide bonds. The first-order valence-electron chi connectivity index (χ1n) is 5.92. The van der Waals surface area contributed by atoms with Gasteiger partial charge < -0.3 is 15.8 Å². The quantitative estimate of drug-likeness (QED) is 0.866. The van der Waals surface area contributed by atoms with E-state index in [1.54, 1.807) is 6.07 Å². The van der Waals surface area contributed by atoms with E-state index in [2.05, 4.69) is 16.4 Å². The number of aryl methyl sites for hydroxylation is 1. The van der Waals surface area contributed by atoms with Crippen LogP contribution < -0.4 is 15.8 Å². The fourth-order valence-corrected chi connectivity index (χ4v) is 1.64. The standard InChI is InChI=1S/C14H17N3O/c1-3-18-14-12(15)7-8-13(17-14)16-11-6-4-5-10(2)9-11/h4-9H,3,15H2,1-2H3,(H,16,17). The number of aromatic nitrogens is 1. The van der Waals surface area contributed by atoms with Gasteiger partial charge in [-0.15, -0.1) is 0 Å². The molecule has 0 fully saturated rings. The normalized spacial score (nSPS) is 10.1. The summed E-state index contributed by atoms with van der Waals surface area (Å²) >= 11 is 0. The van der Waals surface area contributed by atoms with Crippen LogP contribution in [-0.4, -0.2) is 11.6 Å². The average Bonchev–Trinajstić information content (AvgIpc) is 2.34. The predicted molar refractivity (Wildman–Crippen MR) is 74.3 cm³/mol. The number of hydrogen-bond donors (Lipinski definition) is 2. The van der Waals surface area contributed by atoms with Gasteiger partial charge >= 0.3 is 0 Å². The van der Waals surface area contributed by atoms with E-state index < -0.39 is 0 Å². The summed E-state index contributed by atoms with van der Waals surface area (Å²) < 4.78 is 5.36. The van der Waals surface area contributed by atoms with Gasteiger partial charge in [-0.25, -0.2) is 0 Å². The van der Waals surface area contributed by atoms with E-state index >= 15 is 0 Å². The van der Waals surface area contributed by atoms with Crippen molar-refractivity contribution in [3.8, 4) is 5.88 Å². The van der Waals surface area contributed by atoms with Gasteiger partial charge in [0.1, 0.15) is 5.82 Å². The van der Waals surface area contributed by atoms with Crippen LogP contribution in [0.1, 0.15) is 12.5 Å². The van der Waals surface area contributed by atoms with Crippen molar-refractivity contribution in [3.05, 3.63) is 42.0 Å². The molecule has 2 rings (SSSR count). The van der Waals surface area contributed by atoms with Gasteiger partial charge in [0.2, 0.25) is 5.88 Å². The monoisotopic (exact) mass is 243 g/mol. The van der Waals surface area contributed by atoms with Crippen molar-refractivity contribution in [1.82, 2.24) is 4.98 Å². The van der Waals surface area contributed by atoms with Crippen LogP contribution in [0.4, 0.5) is 17.2 Å². The number of anilines is 3. The number of benzene rings is 1. The molecule has 3 N–H and O–H groups in total. The Morgan fingerprint density at radius 1 is 1.28 bits per heavy atom. The molecule has 0 bridgehead atoms. The first kappa shape index (κ1) is 12.2. The Morgan fingerprint density at radius 3 is 2.83 bits per heavy atom. The van der Waals surface area contributed by atoms with Crippen LogP contribution in [0.15, 0.2) is 36.4 Å². The van der Waals surface area contributed by atoms with Gasteiger partial charge in [0.05, 0.1) is 12.3 Å². The molecular weight excluding hydrogens is 226 g/mol. The summed E-state index contributed by atoms with van der Waals surface area (Å²) in [7, 11) is 0. The molecule has 0 aliphatic rings. The molecule has 4 nitrogen and oxygen atoms in total. The lowest BCUT2D eigenvalue weighted by molar-refractivity contribution is 0.329. The summed E-state index contributed by atoms with van der Waals surface area (Å²) in [6, 6.07) is 11.7. The summed E-state index contributed by atoms with van der Waals surface area (Å²) in [6.45, 7) is 4.50. The number of pyridine rings is 1. The van der Waals surface area contributed by atoms with Crippen molar-refractivity contribution in [3.63, 3.8) is 0 Å². The number of nitrogens with two attached hydrogens (primary N) is 1. The highest BCUT2D eigenvalue weighted by Gasteiger charge is 2.04. The summed E-state index contributed by atoms with van der Waals surface area (Å²) in [5, 5.41) is 3.22. The SMILES string of the molecule is CCOc1nc(Nc2cccc(C)c2)ccc1N. The molecule has 94 valence electrons. The largest absolute Gasteiger partial charge is 0.476 e. The summed E-state index contributed by atoms with van der Waals surface area (Å²) in [4.78, 5) is 4.33. The third kappa shape index (κ3) is 2.91. The Hall–Kier alpha value is -2.23. The number of hydrogen-bond acceptors (Lipinski definition) is 4. The maximum absolute atomic E-state index is 5.78. The van der Waals surface area contributed by atoms with Gasteiger partial charge in [0.25, 0.3) is 0 Å². The lowest BCUT2D eigenvalue weighted by Crippen LogP contribution is -2.02. The molecular formula is C14H17N3O. The first-order valence-corrected chi connectivity index (χ1v) is 5.92. The summed E-state index contributed by atoms with van der Waals surface area (Å²) in [5.41, 5.74) is 8.52. The zero-order valence-electron chi connectivity index (χ0n) is 10.6. The number of nitrogens with one attached hydrogen (secondary N) is 1. The molecule has 0 aliphatic heterocycles. The first-order chi connectivity index (χ1) is 8.69. The lowest BCUT2D eigenvalue weighted by Gasteiger charge is -2.10. The van der Waals surface area contributed by atoms with Crippen molar-refractivity contribution in [2.45, 2.75) is 13.8 Å². The van der Waals surface area contributed by atoms with E-state index in [9.17, 15) is 0 Å². The summed E-state index contributed by atoms with van der Waals surface area (Å²) in [6.07, 6.45) is 0. The van der Waals surface area contributed by atoms with E-state index in [-0.39, 0.29) is 0 Å². The zero-order chi connectivity index (χ0) is 13.0. The van der Waals surface area contributed by atoms with E-state index in [1.165, 1.54) is 5.56 Å². The second kappa shape index (κ2) is 5.40. The van der Waals surface area contributed by atoms with Crippen LogP contribution in [0.3, 0.4) is 0 Å². The molecule has 0 spiro atoms. The Morgan fingerprint density at radius 2 is 2.11 bits per heavy atom. The fraction of sp³-hybridized carbons (Fsp3) is 0.214. The molecule has 2 aromatic rings. The van der Waals surface area contributed by atoms with Gasteiger partial charge in [0, 0.05) is 5.69 Å². The van der Waals surface area contributed by atoms with Gasteiger partial charge in [-0.3, -0.25) is 0 Å². The van der Waals surface area contributed by atoms with Crippen LogP contribution in [-0.2, 0) is 0 Å². The summed E-state index contributed by atoms with van der Waals surface area (Å²) in [5.74, 6) is 1.19. The average molecular weight is 243 g/mol. The number of nitrogen functional groups attached to an aromatic ring is 1. The fourth-order valence-electron chi connectivity index (χ4n) is 1.64. The smallest absolute Gasteiger partial charge is 0.239 e. The minimum Gasteiger partial charge on any atom is -0.476 e. The minimum atomic E-state index is 0.468. The van der Waals surface area contributed by atoms with Crippen molar-refractivity contribution in [2.24, 2.45) is 0 Å². The molecule has 0 saturated carbocycles. The Kier molecular flexibility index (Phi) is 3.67. The van der Waals surface area contributed by atoms with Crippen LogP contribution in [0.5, 0.6) is 5.88 Å². The number of ether oxygens (including phenoxy) is 1. The lowest BCUT2D eigenvalue weighted by atomic mass is 10.2. The molecule has 0 aliphatic carbocycles. The molecule has 0 radical (unpaired) electrons. The molecule has 0 saturated heterocycles. The van der Waals surface area contributed by atoms with Crippen molar-refractivity contribution in [1.29, 1.82) is 0 Å². The van der Waals surface area contributed by atoms with Gasteiger partial charge in [-0.05, 0) is 43.7 Å². The number of nitrogens with zero attached hydrogens (tertiary/aromatic N) is 1. The van der Waals surface area contributed by atoms with Crippen LogP contribution in [0.2, 0.25) is 0 Å². The Bertz CT molecular complexity index is 540. The maximum Gasteiger partial charge on any atom is 0.239 e. The molecule has 0 atom stereocenters.